The number of carbonyl (C=O) groups is 1. The average molecular weight is 427 g/mol. The lowest BCUT2D eigenvalue weighted by Gasteiger charge is -2.13. The second kappa shape index (κ2) is 7.87. The normalized spacial score (nSPS) is 15.6. The van der Waals surface area contributed by atoms with E-state index in [1.807, 2.05) is 37.3 Å². The summed E-state index contributed by atoms with van der Waals surface area (Å²) in [5.74, 6) is -0.186. The largest absolute Gasteiger partial charge is 0.270 e. The summed E-state index contributed by atoms with van der Waals surface area (Å²) in [6, 6.07) is 13.5. The highest BCUT2D eigenvalue weighted by Gasteiger charge is 2.34. The fourth-order valence-corrected chi connectivity index (χ4v) is 4.47. The molecule has 2 aromatic heterocycles. The summed E-state index contributed by atoms with van der Waals surface area (Å²) in [6.45, 7) is 2.44. The lowest BCUT2D eigenvalue weighted by atomic mass is 10.2. The zero-order valence-electron chi connectivity index (χ0n) is 14.9. The van der Waals surface area contributed by atoms with Crippen LogP contribution in [-0.4, -0.2) is 25.0 Å². The van der Waals surface area contributed by atoms with Gasteiger partial charge >= 0.3 is 0 Å². The second-order valence-electron chi connectivity index (χ2n) is 6.16. The molecule has 0 bridgehead atoms. The van der Waals surface area contributed by atoms with Crippen LogP contribution in [0.1, 0.15) is 16.8 Å². The van der Waals surface area contributed by atoms with Crippen LogP contribution in [0, 0.1) is 6.92 Å². The summed E-state index contributed by atoms with van der Waals surface area (Å²) < 4.78 is 2.20. The minimum atomic E-state index is -0.186. The van der Waals surface area contributed by atoms with Gasteiger partial charge in [-0.05, 0) is 30.7 Å². The predicted octanol–water partition coefficient (Wildman–Crippen LogP) is 4.69. The molecule has 4 rings (SSSR count). The van der Waals surface area contributed by atoms with Gasteiger partial charge in [-0.3, -0.25) is 14.7 Å². The van der Waals surface area contributed by atoms with Crippen molar-refractivity contribution >= 4 is 57.6 Å². The SMILES string of the molecule is Cc1nn(Cc2ccccc2)c(Cl)c1/C=C1\SC(=S)N(c2cccnc2)C1=O. The molecule has 0 aliphatic carbocycles. The summed E-state index contributed by atoms with van der Waals surface area (Å²) in [5.41, 5.74) is 3.23. The van der Waals surface area contributed by atoms with Crippen molar-refractivity contribution in [3.8, 4) is 0 Å². The lowest BCUT2D eigenvalue weighted by Crippen LogP contribution is -2.27. The van der Waals surface area contributed by atoms with E-state index in [0.717, 1.165) is 16.8 Å². The number of nitrogens with zero attached hydrogens (tertiary/aromatic N) is 4. The third-order valence-corrected chi connectivity index (χ3v) is 5.96. The highest BCUT2D eigenvalue weighted by Crippen LogP contribution is 2.37. The van der Waals surface area contributed by atoms with Crippen molar-refractivity contribution in [2.24, 2.45) is 0 Å². The smallest absolute Gasteiger partial charge is 0.268 e. The van der Waals surface area contributed by atoms with Gasteiger partial charge < -0.3 is 0 Å². The summed E-state index contributed by atoms with van der Waals surface area (Å²) in [5, 5.41) is 5.03. The Balaban J connectivity index is 1.64. The van der Waals surface area contributed by atoms with Crippen molar-refractivity contribution in [3.05, 3.63) is 81.7 Å². The molecular weight excluding hydrogens is 412 g/mol. The van der Waals surface area contributed by atoms with E-state index in [4.69, 9.17) is 23.8 Å². The van der Waals surface area contributed by atoms with Crippen molar-refractivity contribution in [3.63, 3.8) is 0 Å². The maximum absolute atomic E-state index is 12.9. The molecule has 1 aliphatic rings. The van der Waals surface area contributed by atoms with Gasteiger partial charge in [0.2, 0.25) is 0 Å². The Morgan fingerprint density at radius 1 is 1.21 bits per heavy atom. The van der Waals surface area contributed by atoms with E-state index in [-0.39, 0.29) is 5.91 Å². The van der Waals surface area contributed by atoms with E-state index in [1.54, 1.807) is 35.3 Å². The van der Waals surface area contributed by atoms with Crippen molar-refractivity contribution in [1.29, 1.82) is 0 Å². The number of halogens is 1. The molecule has 0 unspecified atom stereocenters. The van der Waals surface area contributed by atoms with Crippen molar-refractivity contribution in [2.75, 3.05) is 4.90 Å². The Kier molecular flexibility index (Phi) is 5.30. The Bertz CT molecular complexity index is 1080. The zero-order chi connectivity index (χ0) is 19.7. The standard InChI is InChI=1S/C20H15ClN4OS2/c1-13-16(18(21)24(23-13)12-14-6-3-2-4-7-14)10-17-19(26)25(20(27)28-17)15-8-5-9-22-11-15/h2-11H,12H2,1H3/b17-10-. The lowest BCUT2D eigenvalue weighted by molar-refractivity contribution is -0.113. The number of carbonyl (C=O) groups excluding carboxylic acids is 1. The molecule has 28 heavy (non-hydrogen) atoms. The number of thiocarbonyl (C=S) groups is 1. The van der Waals surface area contributed by atoms with Crippen LogP contribution >= 0.6 is 35.6 Å². The predicted molar refractivity (Wildman–Crippen MR) is 117 cm³/mol. The molecule has 8 heteroatoms. The molecule has 1 fully saturated rings. The van der Waals surface area contributed by atoms with Crippen LogP contribution in [0.4, 0.5) is 5.69 Å². The topological polar surface area (TPSA) is 51.0 Å². The second-order valence-corrected chi connectivity index (χ2v) is 8.20. The molecule has 1 amide bonds. The molecule has 140 valence electrons. The Labute approximate surface area is 177 Å². The molecule has 1 saturated heterocycles. The van der Waals surface area contributed by atoms with Gasteiger partial charge in [0, 0.05) is 11.8 Å². The van der Waals surface area contributed by atoms with Gasteiger partial charge in [0.05, 0.1) is 29.0 Å². The first-order chi connectivity index (χ1) is 13.5. The molecule has 0 atom stereocenters. The first-order valence-corrected chi connectivity index (χ1v) is 10.1. The number of thioether (sulfide) groups is 1. The molecule has 5 nitrogen and oxygen atoms in total. The first kappa shape index (κ1) is 18.9. The van der Waals surface area contributed by atoms with Crippen molar-refractivity contribution in [2.45, 2.75) is 13.5 Å². The Hall–Kier alpha value is -2.48. The molecule has 0 N–H and O–H groups in total. The molecular formula is C20H15ClN4OS2. The van der Waals surface area contributed by atoms with E-state index in [2.05, 4.69) is 10.1 Å². The van der Waals surface area contributed by atoms with Crippen LogP contribution in [0.15, 0.2) is 59.8 Å². The number of anilines is 1. The molecule has 3 aromatic rings. The van der Waals surface area contributed by atoms with Crippen LogP contribution in [0.2, 0.25) is 5.15 Å². The molecule has 1 aromatic carbocycles. The Morgan fingerprint density at radius 3 is 2.71 bits per heavy atom. The van der Waals surface area contributed by atoms with Gasteiger partial charge in [-0.2, -0.15) is 5.10 Å². The van der Waals surface area contributed by atoms with Gasteiger partial charge in [-0.1, -0.05) is 65.9 Å². The van der Waals surface area contributed by atoms with E-state index in [1.165, 1.54) is 16.7 Å². The maximum atomic E-state index is 12.9. The first-order valence-electron chi connectivity index (χ1n) is 8.49. The monoisotopic (exact) mass is 426 g/mol. The molecule has 0 saturated carbocycles. The summed E-state index contributed by atoms with van der Waals surface area (Å²) in [7, 11) is 0. The summed E-state index contributed by atoms with van der Waals surface area (Å²) in [4.78, 5) is 18.9. The highest BCUT2D eigenvalue weighted by molar-refractivity contribution is 8.27. The van der Waals surface area contributed by atoms with E-state index in [0.29, 0.717) is 26.6 Å². The van der Waals surface area contributed by atoms with Crippen LogP contribution < -0.4 is 4.90 Å². The Morgan fingerprint density at radius 2 is 2.00 bits per heavy atom. The minimum Gasteiger partial charge on any atom is -0.268 e. The van der Waals surface area contributed by atoms with Gasteiger partial charge in [-0.15, -0.1) is 0 Å². The summed E-state index contributed by atoms with van der Waals surface area (Å²) >= 11 is 13.2. The van der Waals surface area contributed by atoms with E-state index >= 15 is 0 Å². The number of aromatic nitrogens is 3. The number of hydrogen-bond donors (Lipinski definition) is 0. The van der Waals surface area contributed by atoms with Crippen LogP contribution in [-0.2, 0) is 11.3 Å². The minimum absolute atomic E-state index is 0.186. The van der Waals surface area contributed by atoms with Gasteiger partial charge in [0.1, 0.15) is 5.15 Å². The van der Waals surface area contributed by atoms with Crippen LogP contribution in [0.25, 0.3) is 6.08 Å². The van der Waals surface area contributed by atoms with Crippen molar-refractivity contribution in [1.82, 2.24) is 14.8 Å². The number of benzene rings is 1. The number of amides is 1. The van der Waals surface area contributed by atoms with Crippen LogP contribution in [0.3, 0.4) is 0 Å². The third kappa shape index (κ3) is 3.61. The fraction of sp³-hybridized carbons (Fsp3) is 0.100. The van der Waals surface area contributed by atoms with Gasteiger partial charge in [0.25, 0.3) is 5.91 Å². The molecule has 1 aliphatic heterocycles. The maximum Gasteiger partial charge on any atom is 0.270 e. The molecule has 3 heterocycles. The number of hydrogen-bond acceptors (Lipinski definition) is 5. The number of rotatable bonds is 4. The zero-order valence-corrected chi connectivity index (χ0v) is 17.3. The molecule has 0 radical (unpaired) electrons. The van der Waals surface area contributed by atoms with Crippen molar-refractivity contribution < 1.29 is 4.79 Å². The average Bonchev–Trinajstić information content (AvgIpc) is 3.13. The summed E-state index contributed by atoms with van der Waals surface area (Å²) in [6.07, 6.45) is 5.03. The quantitative estimate of drug-likeness (QED) is 0.447. The van der Waals surface area contributed by atoms with Gasteiger partial charge in [-0.25, -0.2) is 4.68 Å². The third-order valence-electron chi connectivity index (χ3n) is 4.26. The number of aryl methyl sites for hydroxylation is 1. The molecule has 0 spiro atoms. The van der Waals surface area contributed by atoms with E-state index in [9.17, 15) is 4.79 Å². The van der Waals surface area contributed by atoms with E-state index < -0.39 is 0 Å². The highest BCUT2D eigenvalue weighted by atomic mass is 35.5. The number of pyridine rings is 1. The fourth-order valence-electron chi connectivity index (χ4n) is 2.90. The van der Waals surface area contributed by atoms with Crippen LogP contribution in [0.5, 0.6) is 0 Å². The van der Waals surface area contributed by atoms with Gasteiger partial charge in [0.15, 0.2) is 4.32 Å².